The SMILES string of the molecule is CCSc1ccc(C(NN)c2ccc(Cl)cc2F)cc1. The third-order valence-electron chi connectivity index (χ3n) is 2.96. The van der Waals surface area contributed by atoms with Crippen LogP contribution < -0.4 is 11.3 Å². The van der Waals surface area contributed by atoms with Crippen LogP contribution >= 0.6 is 23.4 Å². The molecule has 0 spiro atoms. The van der Waals surface area contributed by atoms with Crippen LogP contribution in [0.4, 0.5) is 4.39 Å². The largest absolute Gasteiger partial charge is 0.271 e. The maximum Gasteiger partial charge on any atom is 0.129 e. The zero-order valence-electron chi connectivity index (χ0n) is 11.1. The van der Waals surface area contributed by atoms with E-state index in [1.165, 1.54) is 11.0 Å². The molecule has 0 aliphatic heterocycles. The van der Waals surface area contributed by atoms with Gasteiger partial charge in [-0.15, -0.1) is 11.8 Å². The van der Waals surface area contributed by atoms with E-state index in [4.69, 9.17) is 17.4 Å². The van der Waals surface area contributed by atoms with E-state index in [1.807, 2.05) is 24.3 Å². The van der Waals surface area contributed by atoms with Crippen molar-refractivity contribution in [2.45, 2.75) is 17.9 Å². The van der Waals surface area contributed by atoms with Gasteiger partial charge >= 0.3 is 0 Å². The molecule has 0 aliphatic carbocycles. The highest BCUT2D eigenvalue weighted by atomic mass is 35.5. The zero-order valence-corrected chi connectivity index (χ0v) is 12.6. The van der Waals surface area contributed by atoms with Crippen LogP contribution in [0.25, 0.3) is 0 Å². The molecule has 1 atom stereocenters. The van der Waals surface area contributed by atoms with Crippen LogP contribution in [0, 0.1) is 5.82 Å². The van der Waals surface area contributed by atoms with Crippen molar-refractivity contribution in [1.29, 1.82) is 0 Å². The van der Waals surface area contributed by atoms with Crippen molar-refractivity contribution in [3.05, 3.63) is 64.4 Å². The Balaban J connectivity index is 2.31. The van der Waals surface area contributed by atoms with Gasteiger partial charge in [0.15, 0.2) is 0 Å². The van der Waals surface area contributed by atoms with E-state index >= 15 is 0 Å². The molecule has 3 N–H and O–H groups in total. The molecular weight excluding hydrogens is 295 g/mol. The molecule has 0 aromatic heterocycles. The lowest BCUT2D eigenvalue weighted by atomic mass is 9.99. The standard InChI is InChI=1S/C15H16ClFN2S/c1-2-20-12-6-3-10(4-7-12)15(19-18)13-8-5-11(16)9-14(13)17/h3-9,15,19H,2,18H2,1H3. The molecular formula is C15H16ClFN2S. The summed E-state index contributed by atoms with van der Waals surface area (Å²) in [7, 11) is 0. The molecule has 20 heavy (non-hydrogen) atoms. The smallest absolute Gasteiger partial charge is 0.129 e. The van der Waals surface area contributed by atoms with Crippen molar-refractivity contribution in [2.75, 3.05) is 5.75 Å². The number of hydrogen-bond donors (Lipinski definition) is 2. The van der Waals surface area contributed by atoms with Crippen molar-refractivity contribution in [3.63, 3.8) is 0 Å². The molecule has 0 saturated heterocycles. The van der Waals surface area contributed by atoms with Gasteiger partial charge in [0.1, 0.15) is 5.82 Å². The molecule has 0 heterocycles. The van der Waals surface area contributed by atoms with Crippen molar-refractivity contribution in [3.8, 4) is 0 Å². The maximum atomic E-state index is 14.0. The Morgan fingerprint density at radius 2 is 1.95 bits per heavy atom. The second kappa shape index (κ2) is 7.09. The molecule has 2 rings (SSSR count). The van der Waals surface area contributed by atoms with E-state index in [-0.39, 0.29) is 5.82 Å². The Labute approximate surface area is 127 Å². The second-order valence-corrected chi connectivity index (χ2v) is 6.04. The Hall–Kier alpha value is -1.07. The lowest BCUT2D eigenvalue weighted by Crippen LogP contribution is -2.29. The summed E-state index contributed by atoms with van der Waals surface area (Å²) in [5.41, 5.74) is 4.05. The lowest BCUT2D eigenvalue weighted by Gasteiger charge is -2.18. The molecule has 0 saturated carbocycles. The minimum absolute atomic E-state index is 0.368. The zero-order chi connectivity index (χ0) is 14.5. The van der Waals surface area contributed by atoms with Crippen molar-refractivity contribution in [2.24, 2.45) is 5.84 Å². The van der Waals surface area contributed by atoms with Crippen LogP contribution in [-0.2, 0) is 0 Å². The Bertz CT molecular complexity index is 575. The first-order chi connectivity index (χ1) is 9.65. The number of hydrazine groups is 1. The number of halogens is 2. The summed E-state index contributed by atoms with van der Waals surface area (Å²) < 4.78 is 14.0. The topological polar surface area (TPSA) is 38.0 Å². The van der Waals surface area contributed by atoms with E-state index < -0.39 is 6.04 Å². The first-order valence-electron chi connectivity index (χ1n) is 6.29. The van der Waals surface area contributed by atoms with Crippen LogP contribution in [0.5, 0.6) is 0 Å². The van der Waals surface area contributed by atoms with Gasteiger partial charge in [-0.25, -0.2) is 9.82 Å². The maximum absolute atomic E-state index is 14.0. The quantitative estimate of drug-likeness (QED) is 0.495. The molecule has 5 heteroatoms. The summed E-state index contributed by atoms with van der Waals surface area (Å²) in [6, 6.07) is 12.1. The fraction of sp³-hybridized carbons (Fsp3) is 0.200. The molecule has 0 radical (unpaired) electrons. The summed E-state index contributed by atoms with van der Waals surface area (Å²) in [5.74, 6) is 6.24. The van der Waals surface area contributed by atoms with Crippen LogP contribution in [-0.4, -0.2) is 5.75 Å². The third-order valence-corrected chi connectivity index (χ3v) is 4.09. The number of hydrogen-bond acceptors (Lipinski definition) is 3. The molecule has 0 fully saturated rings. The van der Waals surface area contributed by atoms with E-state index in [9.17, 15) is 4.39 Å². The second-order valence-electron chi connectivity index (χ2n) is 4.27. The van der Waals surface area contributed by atoms with Gasteiger partial charge in [-0.05, 0) is 35.6 Å². The highest BCUT2D eigenvalue weighted by Crippen LogP contribution is 2.27. The monoisotopic (exact) mass is 310 g/mol. The van der Waals surface area contributed by atoms with Gasteiger partial charge in [0.05, 0.1) is 6.04 Å². The molecule has 2 nitrogen and oxygen atoms in total. The minimum Gasteiger partial charge on any atom is -0.271 e. The average molecular weight is 311 g/mol. The number of benzene rings is 2. The third kappa shape index (κ3) is 3.52. The molecule has 0 amide bonds. The van der Waals surface area contributed by atoms with E-state index in [0.29, 0.717) is 10.6 Å². The average Bonchev–Trinajstić information content (AvgIpc) is 2.44. The normalized spacial score (nSPS) is 12.4. The fourth-order valence-electron chi connectivity index (χ4n) is 2.02. The fourth-order valence-corrected chi connectivity index (χ4v) is 2.85. The Kier molecular flexibility index (Phi) is 5.43. The predicted octanol–water partition coefficient (Wildman–Crippen LogP) is 4.14. The first-order valence-corrected chi connectivity index (χ1v) is 7.66. The van der Waals surface area contributed by atoms with Crippen LogP contribution in [0.2, 0.25) is 5.02 Å². The molecule has 1 unspecified atom stereocenters. The number of nitrogens with one attached hydrogen (secondary N) is 1. The van der Waals surface area contributed by atoms with Gasteiger partial charge in [-0.2, -0.15) is 0 Å². The summed E-state index contributed by atoms with van der Waals surface area (Å²) >= 11 is 7.53. The van der Waals surface area contributed by atoms with Crippen LogP contribution in [0.15, 0.2) is 47.4 Å². The van der Waals surface area contributed by atoms with Gasteiger partial charge in [0.2, 0.25) is 0 Å². The number of nitrogens with two attached hydrogens (primary N) is 1. The first kappa shape index (κ1) is 15.3. The molecule has 2 aromatic rings. The van der Waals surface area contributed by atoms with Crippen molar-refractivity contribution in [1.82, 2.24) is 5.43 Å². The predicted molar refractivity (Wildman–Crippen MR) is 83.4 cm³/mol. The van der Waals surface area contributed by atoms with Gasteiger partial charge in [-0.3, -0.25) is 5.84 Å². The van der Waals surface area contributed by atoms with Gasteiger partial charge < -0.3 is 0 Å². The van der Waals surface area contributed by atoms with Crippen LogP contribution in [0.3, 0.4) is 0 Å². The molecule has 0 aliphatic rings. The number of rotatable bonds is 5. The number of thioether (sulfide) groups is 1. The summed E-state index contributed by atoms with van der Waals surface area (Å²) in [6.45, 7) is 2.10. The summed E-state index contributed by atoms with van der Waals surface area (Å²) in [5, 5.41) is 0.372. The van der Waals surface area contributed by atoms with E-state index in [2.05, 4.69) is 12.3 Å². The van der Waals surface area contributed by atoms with Gasteiger partial charge in [-0.1, -0.05) is 36.7 Å². The summed E-state index contributed by atoms with van der Waals surface area (Å²) in [4.78, 5) is 1.18. The van der Waals surface area contributed by atoms with Crippen molar-refractivity contribution >= 4 is 23.4 Å². The lowest BCUT2D eigenvalue weighted by molar-refractivity contribution is 0.560. The Morgan fingerprint density at radius 3 is 2.50 bits per heavy atom. The summed E-state index contributed by atoms with van der Waals surface area (Å²) in [6.07, 6.45) is 0. The highest BCUT2D eigenvalue weighted by Gasteiger charge is 2.16. The molecule has 106 valence electrons. The van der Waals surface area contributed by atoms with Crippen LogP contribution in [0.1, 0.15) is 24.1 Å². The molecule has 0 bridgehead atoms. The van der Waals surface area contributed by atoms with Crippen molar-refractivity contribution < 1.29 is 4.39 Å². The highest BCUT2D eigenvalue weighted by molar-refractivity contribution is 7.99. The van der Waals surface area contributed by atoms with E-state index in [0.717, 1.165) is 11.3 Å². The molecule has 2 aromatic carbocycles. The van der Waals surface area contributed by atoms with Gasteiger partial charge in [0, 0.05) is 15.5 Å². The van der Waals surface area contributed by atoms with E-state index in [1.54, 1.807) is 23.9 Å². The Morgan fingerprint density at radius 1 is 1.25 bits per heavy atom. The van der Waals surface area contributed by atoms with Gasteiger partial charge in [0.25, 0.3) is 0 Å². The minimum atomic E-state index is -0.395.